The van der Waals surface area contributed by atoms with Crippen LogP contribution in [-0.2, 0) is 21.2 Å². The molecular formula is C19H18N2O5S. The Labute approximate surface area is 157 Å². The minimum Gasteiger partial charge on any atom is -0.423 e. The summed E-state index contributed by atoms with van der Waals surface area (Å²) >= 11 is 0. The van der Waals surface area contributed by atoms with E-state index in [9.17, 15) is 13.2 Å². The largest absolute Gasteiger partial charge is 0.423 e. The van der Waals surface area contributed by atoms with Crippen molar-refractivity contribution in [1.29, 1.82) is 5.26 Å². The van der Waals surface area contributed by atoms with Gasteiger partial charge in [0.25, 0.3) is 0 Å². The van der Waals surface area contributed by atoms with Crippen LogP contribution in [0.1, 0.15) is 15.9 Å². The molecule has 0 unspecified atom stereocenters. The predicted octanol–water partition coefficient (Wildman–Crippen LogP) is 1.99. The summed E-state index contributed by atoms with van der Waals surface area (Å²) in [4.78, 5) is 12.4. The Hall–Kier alpha value is -2.73. The van der Waals surface area contributed by atoms with Crippen molar-refractivity contribution in [2.75, 3.05) is 26.3 Å². The maximum atomic E-state index is 12.7. The fourth-order valence-electron chi connectivity index (χ4n) is 2.65. The minimum atomic E-state index is -3.69. The second-order valence-corrected chi connectivity index (χ2v) is 7.85. The number of sulfonamides is 1. The second-order valence-electron chi connectivity index (χ2n) is 5.91. The van der Waals surface area contributed by atoms with Crippen LogP contribution in [0.2, 0.25) is 0 Å². The Balaban J connectivity index is 1.76. The molecule has 0 atom stereocenters. The lowest BCUT2D eigenvalue weighted by molar-refractivity contribution is 0.0727. The van der Waals surface area contributed by atoms with E-state index in [2.05, 4.69) is 0 Å². The topological polar surface area (TPSA) is 96.7 Å². The summed E-state index contributed by atoms with van der Waals surface area (Å²) in [5.74, 6) is -0.329. The number of esters is 1. The average molecular weight is 386 g/mol. The van der Waals surface area contributed by atoms with E-state index in [1.807, 2.05) is 6.07 Å². The number of hydrogen-bond donors (Lipinski definition) is 0. The summed E-state index contributed by atoms with van der Waals surface area (Å²) in [5, 5.41) is 8.67. The van der Waals surface area contributed by atoms with Gasteiger partial charge >= 0.3 is 5.97 Å². The van der Waals surface area contributed by atoms with Crippen molar-refractivity contribution in [2.45, 2.75) is 11.3 Å². The van der Waals surface area contributed by atoms with Gasteiger partial charge in [-0.15, -0.1) is 0 Å². The molecule has 3 rings (SSSR count). The van der Waals surface area contributed by atoms with Crippen LogP contribution in [0.25, 0.3) is 0 Å². The number of morpholine rings is 1. The molecule has 0 saturated carbocycles. The summed E-state index contributed by atoms with van der Waals surface area (Å²) in [7, 11) is -3.69. The first-order valence-corrected chi connectivity index (χ1v) is 9.81. The fourth-order valence-corrected chi connectivity index (χ4v) is 4.11. The van der Waals surface area contributed by atoms with Crippen LogP contribution >= 0.6 is 0 Å². The van der Waals surface area contributed by atoms with Crippen molar-refractivity contribution >= 4 is 16.0 Å². The zero-order valence-electron chi connectivity index (χ0n) is 14.5. The minimum absolute atomic E-state index is 0.0446. The first kappa shape index (κ1) is 19.0. The lowest BCUT2D eigenvalue weighted by atomic mass is 10.1. The van der Waals surface area contributed by atoms with Crippen LogP contribution in [0.15, 0.2) is 53.4 Å². The highest BCUT2D eigenvalue weighted by molar-refractivity contribution is 7.89. The molecule has 0 spiro atoms. The first-order valence-electron chi connectivity index (χ1n) is 8.37. The lowest BCUT2D eigenvalue weighted by Crippen LogP contribution is -2.40. The van der Waals surface area contributed by atoms with Gasteiger partial charge in [0.1, 0.15) is 5.75 Å². The number of benzene rings is 2. The van der Waals surface area contributed by atoms with Gasteiger partial charge in [0, 0.05) is 13.1 Å². The monoisotopic (exact) mass is 386 g/mol. The van der Waals surface area contributed by atoms with Gasteiger partial charge in [0.05, 0.1) is 36.2 Å². The van der Waals surface area contributed by atoms with Crippen molar-refractivity contribution in [3.63, 3.8) is 0 Å². The Kier molecular flexibility index (Phi) is 5.86. The van der Waals surface area contributed by atoms with Gasteiger partial charge in [0.2, 0.25) is 10.0 Å². The van der Waals surface area contributed by atoms with Gasteiger partial charge in [-0.2, -0.15) is 9.57 Å². The highest BCUT2D eigenvalue weighted by Crippen LogP contribution is 2.20. The van der Waals surface area contributed by atoms with Crippen molar-refractivity contribution in [3.8, 4) is 11.8 Å². The van der Waals surface area contributed by atoms with Crippen molar-refractivity contribution in [2.24, 2.45) is 0 Å². The van der Waals surface area contributed by atoms with Crippen LogP contribution in [0.5, 0.6) is 5.75 Å². The molecule has 0 aliphatic carbocycles. The third kappa shape index (κ3) is 4.52. The summed E-state index contributed by atoms with van der Waals surface area (Å²) in [6, 6.07) is 14.4. The van der Waals surface area contributed by atoms with E-state index in [-0.39, 0.29) is 30.0 Å². The van der Waals surface area contributed by atoms with Gasteiger partial charge in [-0.3, -0.25) is 0 Å². The van der Waals surface area contributed by atoms with Gasteiger partial charge < -0.3 is 9.47 Å². The molecule has 27 heavy (non-hydrogen) atoms. The molecule has 2 aromatic carbocycles. The van der Waals surface area contributed by atoms with E-state index in [0.717, 1.165) is 5.56 Å². The first-order chi connectivity index (χ1) is 13.0. The third-order valence-electron chi connectivity index (χ3n) is 4.09. The maximum Gasteiger partial charge on any atom is 0.343 e. The standard InChI is InChI=1S/C19H18N2O5S/c20-9-8-15-4-6-17(7-5-15)26-19(22)16-2-1-3-18(14-16)27(23,24)21-10-12-25-13-11-21/h1-7,14H,8,10-13H2. The van der Waals surface area contributed by atoms with Crippen molar-refractivity contribution < 1.29 is 22.7 Å². The van der Waals surface area contributed by atoms with Gasteiger partial charge in [-0.25, -0.2) is 13.2 Å². The third-order valence-corrected chi connectivity index (χ3v) is 5.99. The number of hydrogen-bond acceptors (Lipinski definition) is 6. The smallest absolute Gasteiger partial charge is 0.343 e. The predicted molar refractivity (Wildman–Crippen MR) is 96.7 cm³/mol. The molecule has 1 saturated heterocycles. The maximum absolute atomic E-state index is 12.7. The van der Waals surface area contributed by atoms with Crippen LogP contribution in [0, 0.1) is 11.3 Å². The molecular weight excluding hydrogens is 368 g/mol. The zero-order valence-corrected chi connectivity index (χ0v) is 15.3. The van der Waals surface area contributed by atoms with Crippen LogP contribution < -0.4 is 4.74 Å². The summed E-state index contributed by atoms with van der Waals surface area (Å²) < 4.78 is 37.2. The Morgan fingerprint density at radius 2 is 1.85 bits per heavy atom. The number of nitriles is 1. The van der Waals surface area contributed by atoms with Gasteiger partial charge in [-0.1, -0.05) is 18.2 Å². The molecule has 7 nitrogen and oxygen atoms in total. The Morgan fingerprint density at radius 1 is 1.15 bits per heavy atom. The van der Waals surface area contributed by atoms with Crippen molar-refractivity contribution in [3.05, 3.63) is 59.7 Å². The zero-order chi connectivity index (χ0) is 19.3. The van der Waals surface area contributed by atoms with E-state index < -0.39 is 16.0 Å². The summed E-state index contributed by atoms with van der Waals surface area (Å²) in [5.41, 5.74) is 0.960. The number of carbonyl (C=O) groups excluding carboxylic acids is 1. The molecule has 1 aliphatic heterocycles. The van der Waals surface area contributed by atoms with E-state index in [1.54, 1.807) is 24.3 Å². The quantitative estimate of drug-likeness (QED) is 0.576. The molecule has 2 aromatic rings. The van der Waals surface area contributed by atoms with E-state index in [4.69, 9.17) is 14.7 Å². The summed E-state index contributed by atoms with van der Waals surface area (Å²) in [6.07, 6.45) is 0.273. The van der Waals surface area contributed by atoms with Crippen LogP contribution in [0.3, 0.4) is 0 Å². The SMILES string of the molecule is N#CCc1ccc(OC(=O)c2cccc(S(=O)(=O)N3CCOCC3)c2)cc1. The fraction of sp³-hybridized carbons (Fsp3) is 0.263. The normalized spacial score (nSPS) is 15.1. The number of ether oxygens (including phenoxy) is 2. The Morgan fingerprint density at radius 3 is 2.52 bits per heavy atom. The van der Waals surface area contributed by atoms with Crippen LogP contribution in [0.4, 0.5) is 0 Å². The average Bonchev–Trinajstić information content (AvgIpc) is 2.70. The molecule has 140 valence electrons. The van der Waals surface area contributed by atoms with Crippen molar-refractivity contribution in [1.82, 2.24) is 4.31 Å². The number of rotatable bonds is 5. The molecule has 0 aromatic heterocycles. The molecule has 0 radical (unpaired) electrons. The second kappa shape index (κ2) is 8.31. The highest BCUT2D eigenvalue weighted by Gasteiger charge is 2.27. The van der Waals surface area contributed by atoms with Gasteiger partial charge in [0.15, 0.2) is 0 Å². The van der Waals surface area contributed by atoms with Gasteiger partial charge in [-0.05, 0) is 35.9 Å². The molecule has 8 heteroatoms. The molecule has 0 amide bonds. The summed E-state index contributed by atoms with van der Waals surface area (Å²) in [6.45, 7) is 1.27. The van der Waals surface area contributed by atoms with Crippen LogP contribution in [-0.4, -0.2) is 45.0 Å². The molecule has 0 N–H and O–H groups in total. The number of nitrogens with zero attached hydrogens (tertiary/aromatic N) is 2. The highest BCUT2D eigenvalue weighted by atomic mass is 32.2. The molecule has 1 fully saturated rings. The number of carbonyl (C=O) groups is 1. The van der Waals surface area contributed by atoms with E-state index in [0.29, 0.717) is 19.0 Å². The molecule has 1 heterocycles. The Bertz CT molecular complexity index is 958. The van der Waals surface area contributed by atoms with E-state index in [1.165, 1.54) is 28.6 Å². The molecule has 1 aliphatic rings. The molecule has 0 bridgehead atoms. The van der Waals surface area contributed by atoms with E-state index >= 15 is 0 Å². The lowest BCUT2D eigenvalue weighted by Gasteiger charge is -2.26.